The molecule has 6 nitrogen and oxygen atoms in total. The molecule has 0 saturated heterocycles. The second kappa shape index (κ2) is 6.53. The van der Waals surface area contributed by atoms with Crippen molar-refractivity contribution in [2.45, 2.75) is 37.9 Å². The van der Waals surface area contributed by atoms with Crippen molar-refractivity contribution in [3.05, 3.63) is 39.8 Å². The van der Waals surface area contributed by atoms with Crippen molar-refractivity contribution in [2.24, 2.45) is 0 Å². The Balaban J connectivity index is 1.83. The SMILES string of the molecule is O=C(Nc1cccc(Cl)c1Cl)C1=C(O)OC2(CCCCC2)OC1=O. The van der Waals surface area contributed by atoms with Gasteiger partial charge in [0.2, 0.25) is 5.57 Å². The molecule has 1 aromatic carbocycles. The molecule has 1 fully saturated rings. The zero-order valence-corrected chi connectivity index (χ0v) is 14.1. The van der Waals surface area contributed by atoms with E-state index in [9.17, 15) is 14.7 Å². The van der Waals surface area contributed by atoms with Crippen molar-refractivity contribution in [3.8, 4) is 0 Å². The number of amides is 1. The van der Waals surface area contributed by atoms with Crippen LogP contribution in [0.1, 0.15) is 32.1 Å². The van der Waals surface area contributed by atoms with Crippen molar-refractivity contribution < 1.29 is 24.2 Å². The standard InChI is InChI=1S/C16H15Cl2NO5/c17-9-5-4-6-10(12(9)18)19-13(20)11-14(21)23-16(24-15(11)22)7-2-1-3-8-16/h4-6,21H,1-3,7-8H2,(H,19,20). The first-order chi connectivity index (χ1) is 11.4. The summed E-state index contributed by atoms with van der Waals surface area (Å²) in [5.41, 5.74) is -0.387. The summed E-state index contributed by atoms with van der Waals surface area (Å²) in [6, 6.07) is 4.66. The summed E-state index contributed by atoms with van der Waals surface area (Å²) < 4.78 is 10.7. The molecule has 0 aromatic heterocycles. The van der Waals surface area contributed by atoms with Crippen molar-refractivity contribution in [1.82, 2.24) is 0 Å². The van der Waals surface area contributed by atoms with Crippen LogP contribution in [0.5, 0.6) is 0 Å². The van der Waals surface area contributed by atoms with Gasteiger partial charge in [-0.05, 0) is 25.0 Å². The summed E-state index contributed by atoms with van der Waals surface area (Å²) in [6.07, 6.45) is 3.61. The molecular formula is C16H15Cl2NO5. The molecule has 1 saturated carbocycles. The summed E-state index contributed by atoms with van der Waals surface area (Å²) in [4.78, 5) is 24.5. The number of aliphatic hydroxyl groups is 1. The van der Waals surface area contributed by atoms with E-state index < -0.39 is 29.2 Å². The smallest absolute Gasteiger partial charge is 0.354 e. The number of rotatable bonds is 2. The Kier molecular flexibility index (Phi) is 4.60. The summed E-state index contributed by atoms with van der Waals surface area (Å²) in [7, 11) is 0. The first kappa shape index (κ1) is 16.9. The van der Waals surface area contributed by atoms with Crippen molar-refractivity contribution in [1.29, 1.82) is 0 Å². The maximum Gasteiger partial charge on any atom is 0.354 e. The van der Waals surface area contributed by atoms with E-state index in [0.29, 0.717) is 12.8 Å². The topological polar surface area (TPSA) is 84.9 Å². The number of nitrogens with one attached hydrogen (secondary N) is 1. The van der Waals surface area contributed by atoms with Gasteiger partial charge in [0.1, 0.15) is 0 Å². The third-order valence-electron chi connectivity index (χ3n) is 4.02. The molecule has 0 bridgehead atoms. The number of carbonyl (C=O) groups excluding carboxylic acids is 2. The van der Waals surface area contributed by atoms with Crippen LogP contribution in [-0.4, -0.2) is 22.8 Å². The van der Waals surface area contributed by atoms with Crippen molar-refractivity contribution in [3.63, 3.8) is 0 Å². The fourth-order valence-electron chi connectivity index (χ4n) is 2.82. The molecule has 1 aliphatic carbocycles. The maximum absolute atomic E-state index is 12.3. The molecule has 3 rings (SSSR count). The monoisotopic (exact) mass is 371 g/mol. The largest absolute Gasteiger partial charge is 0.480 e. The van der Waals surface area contributed by atoms with Gasteiger partial charge >= 0.3 is 11.9 Å². The molecule has 1 spiro atoms. The highest BCUT2D eigenvalue weighted by molar-refractivity contribution is 6.44. The van der Waals surface area contributed by atoms with Crippen LogP contribution in [0.15, 0.2) is 29.7 Å². The second-order valence-electron chi connectivity index (χ2n) is 5.70. The number of halogens is 2. The van der Waals surface area contributed by atoms with Gasteiger partial charge in [-0.1, -0.05) is 35.7 Å². The quantitative estimate of drug-likeness (QED) is 0.607. The Hall–Kier alpha value is -1.92. The van der Waals surface area contributed by atoms with E-state index in [1.165, 1.54) is 6.07 Å². The van der Waals surface area contributed by atoms with Gasteiger partial charge in [-0.3, -0.25) is 4.79 Å². The molecule has 0 radical (unpaired) electrons. The van der Waals surface area contributed by atoms with E-state index in [0.717, 1.165) is 19.3 Å². The first-order valence-electron chi connectivity index (χ1n) is 7.53. The first-order valence-corrected chi connectivity index (χ1v) is 8.28. The average Bonchev–Trinajstić information content (AvgIpc) is 2.51. The maximum atomic E-state index is 12.3. The molecule has 0 unspecified atom stereocenters. The number of anilines is 1. The van der Waals surface area contributed by atoms with Crippen LogP contribution in [0, 0.1) is 0 Å². The lowest BCUT2D eigenvalue weighted by molar-refractivity contribution is -0.249. The minimum atomic E-state index is -1.17. The van der Waals surface area contributed by atoms with Crippen molar-refractivity contribution >= 4 is 40.8 Å². The van der Waals surface area contributed by atoms with Gasteiger partial charge in [-0.25, -0.2) is 4.79 Å². The van der Waals surface area contributed by atoms with Gasteiger partial charge in [-0.15, -0.1) is 0 Å². The lowest BCUT2D eigenvalue weighted by Gasteiger charge is -2.38. The van der Waals surface area contributed by atoms with E-state index >= 15 is 0 Å². The summed E-state index contributed by atoms with van der Waals surface area (Å²) in [5, 5.41) is 12.9. The molecule has 8 heteroatoms. The third-order valence-corrected chi connectivity index (χ3v) is 4.84. The molecule has 1 amide bonds. The summed E-state index contributed by atoms with van der Waals surface area (Å²) >= 11 is 11.9. The zero-order chi connectivity index (χ0) is 17.3. The Labute approximate surface area is 148 Å². The van der Waals surface area contributed by atoms with E-state index in [2.05, 4.69) is 5.32 Å². The molecule has 1 aromatic rings. The highest BCUT2D eigenvalue weighted by Gasteiger charge is 2.46. The van der Waals surface area contributed by atoms with Gasteiger partial charge in [0.15, 0.2) is 0 Å². The van der Waals surface area contributed by atoms with Gasteiger partial charge in [-0.2, -0.15) is 0 Å². The zero-order valence-electron chi connectivity index (χ0n) is 12.6. The molecule has 1 aliphatic heterocycles. The minimum Gasteiger partial charge on any atom is -0.480 e. The second-order valence-corrected chi connectivity index (χ2v) is 6.48. The van der Waals surface area contributed by atoms with Crippen LogP contribution in [0.2, 0.25) is 10.0 Å². The number of esters is 1. The van der Waals surface area contributed by atoms with Crippen LogP contribution in [0.25, 0.3) is 0 Å². The molecule has 24 heavy (non-hydrogen) atoms. The predicted molar refractivity (Wildman–Crippen MR) is 87.7 cm³/mol. The molecule has 2 aliphatic rings. The minimum absolute atomic E-state index is 0.126. The number of hydrogen-bond acceptors (Lipinski definition) is 5. The van der Waals surface area contributed by atoms with Crippen LogP contribution in [-0.2, 0) is 19.1 Å². The molecule has 1 heterocycles. The number of hydrogen-bond donors (Lipinski definition) is 2. The summed E-state index contributed by atoms with van der Waals surface area (Å²) in [5.74, 6) is -3.70. The summed E-state index contributed by atoms with van der Waals surface area (Å²) in [6.45, 7) is 0. The van der Waals surface area contributed by atoms with Crippen molar-refractivity contribution in [2.75, 3.05) is 5.32 Å². The van der Waals surface area contributed by atoms with Gasteiger partial charge in [0, 0.05) is 12.8 Å². The Morgan fingerprint density at radius 2 is 1.88 bits per heavy atom. The Morgan fingerprint density at radius 3 is 2.54 bits per heavy atom. The van der Waals surface area contributed by atoms with E-state index in [4.69, 9.17) is 32.7 Å². The third kappa shape index (κ3) is 3.16. The molecule has 128 valence electrons. The molecular weight excluding hydrogens is 357 g/mol. The van der Waals surface area contributed by atoms with Crippen LogP contribution in [0.3, 0.4) is 0 Å². The van der Waals surface area contributed by atoms with E-state index in [1.807, 2.05) is 0 Å². The highest BCUT2D eigenvalue weighted by atomic mass is 35.5. The fourth-order valence-corrected chi connectivity index (χ4v) is 3.17. The predicted octanol–water partition coefficient (Wildman–Crippen LogP) is 3.94. The number of ether oxygens (including phenoxy) is 2. The fraction of sp³-hybridized carbons (Fsp3) is 0.375. The number of aliphatic hydroxyl groups excluding tert-OH is 1. The van der Waals surface area contributed by atoms with Crippen LogP contribution in [0.4, 0.5) is 5.69 Å². The average molecular weight is 372 g/mol. The van der Waals surface area contributed by atoms with Gasteiger partial charge < -0.3 is 19.9 Å². The molecule has 0 atom stereocenters. The number of benzene rings is 1. The van der Waals surface area contributed by atoms with E-state index in [-0.39, 0.29) is 15.7 Å². The van der Waals surface area contributed by atoms with Crippen LogP contribution >= 0.6 is 23.2 Å². The highest BCUT2D eigenvalue weighted by Crippen LogP contribution is 2.38. The normalized spacial score (nSPS) is 19.7. The van der Waals surface area contributed by atoms with Crippen LogP contribution < -0.4 is 5.32 Å². The van der Waals surface area contributed by atoms with Gasteiger partial charge in [0.05, 0.1) is 15.7 Å². The lowest BCUT2D eigenvalue weighted by atomic mass is 9.93. The molecule has 2 N–H and O–H groups in total. The Bertz CT molecular complexity index is 725. The lowest BCUT2D eigenvalue weighted by Crippen LogP contribution is -2.45. The van der Waals surface area contributed by atoms with Gasteiger partial charge in [0.25, 0.3) is 11.7 Å². The van der Waals surface area contributed by atoms with E-state index in [1.54, 1.807) is 12.1 Å². The Morgan fingerprint density at radius 1 is 1.17 bits per heavy atom. The number of carbonyl (C=O) groups is 2.